The zero-order valence-electron chi connectivity index (χ0n) is 6.07. The Balaban J connectivity index is 2.53. The highest BCUT2D eigenvalue weighted by Crippen LogP contribution is 2.33. The van der Waals surface area contributed by atoms with Crippen molar-refractivity contribution in [3.05, 3.63) is 0 Å². The maximum Gasteiger partial charge on any atom is 0.108 e. The summed E-state index contributed by atoms with van der Waals surface area (Å²) in [5.74, 6) is -0.00264. The van der Waals surface area contributed by atoms with Crippen LogP contribution in [-0.4, -0.2) is 42.0 Å². The fourth-order valence-corrected chi connectivity index (χ4v) is 1.55. The molecule has 2 unspecified atom stereocenters. The zero-order valence-corrected chi connectivity index (χ0v) is 6.07. The van der Waals surface area contributed by atoms with Gasteiger partial charge in [0.25, 0.3) is 0 Å². The lowest BCUT2D eigenvalue weighted by Gasteiger charge is -2.13. The second-order valence-corrected chi connectivity index (χ2v) is 3.14. The molecule has 0 bridgehead atoms. The van der Waals surface area contributed by atoms with E-state index in [0.717, 1.165) is 6.42 Å². The molecule has 4 heteroatoms. The van der Waals surface area contributed by atoms with Gasteiger partial charge in [0.1, 0.15) is 7.85 Å². The highest BCUT2D eigenvalue weighted by atomic mass is 16.3. The monoisotopic (exact) mass is 144 g/mol. The molecule has 0 aromatic rings. The molecule has 0 aromatic carbocycles. The SMILES string of the molecule is B[C@@H]1C[C@H](CO)C(O)C1O. The van der Waals surface area contributed by atoms with Crippen molar-refractivity contribution in [2.75, 3.05) is 6.61 Å². The van der Waals surface area contributed by atoms with Crippen molar-refractivity contribution in [1.29, 1.82) is 0 Å². The maximum absolute atomic E-state index is 9.22. The third-order valence-electron chi connectivity index (χ3n) is 2.32. The summed E-state index contributed by atoms with van der Waals surface area (Å²) >= 11 is 0. The van der Waals surface area contributed by atoms with Crippen molar-refractivity contribution in [3.63, 3.8) is 0 Å². The first-order valence-electron chi connectivity index (χ1n) is 3.63. The van der Waals surface area contributed by atoms with E-state index in [2.05, 4.69) is 0 Å². The van der Waals surface area contributed by atoms with Crippen LogP contribution < -0.4 is 0 Å². The van der Waals surface area contributed by atoms with Gasteiger partial charge in [-0.3, -0.25) is 0 Å². The van der Waals surface area contributed by atoms with Crippen LogP contribution >= 0.6 is 0 Å². The largest absolute Gasteiger partial charge is 0.396 e. The van der Waals surface area contributed by atoms with Crippen LogP contribution in [0.1, 0.15) is 6.42 Å². The molecule has 1 rings (SSSR count). The van der Waals surface area contributed by atoms with Gasteiger partial charge in [0.05, 0.1) is 12.2 Å². The summed E-state index contributed by atoms with van der Waals surface area (Å²) in [6.07, 6.45) is -0.643. The standard InChI is InChI=1S/C6H13BO3/c7-4-1-3(2-8)5(9)6(4)10/h3-6,8-10H,1-2,7H2/t3-,4-,5?,6?/m1/s1. The van der Waals surface area contributed by atoms with Crippen molar-refractivity contribution in [1.82, 2.24) is 0 Å². The second-order valence-electron chi connectivity index (χ2n) is 3.14. The van der Waals surface area contributed by atoms with Crippen LogP contribution in [0, 0.1) is 5.92 Å². The van der Waals surface area contributed by atoms with Gasteiger partial charge >= 0.3 is 0 Å². The number of hydrogen-bond donors (Lipinski definition) is 3. The molecule has 10 heavy (non-hydrogen) atoms. The zero-order chi connectivity index (χ0) is 7.72. The van der Waals surface area contributed by atoms with E-state index in [1.807, 2.05) is 7.85 Å². The molecule has 0 spiro atoms. The van der Waals surface area contributed by atoms with Crippen LogP contribution in [0.5, 0.6) is 0 Å². The van der Waals surface area contributed by atoms with E-state index < -0.39 is 12.2 Å². The van der Waals surface area contributed by atoms with Crippen molar-refractivity contribution in [2.24, 2.45) is 5.92 Å². The van der Waals surface area contributed by atoms with Crippen molar-refractivity contribution in [2.45, 2.75) is 24.4 Å². The molecule has 4 atom stereocenters. The molecule has 0 radical (unpaired) electrons. The molecule has 0 aliphatic heterocycles. The van der Waals surface area contributed by atoms with Gasteiger partial charge in [0.15, 0.2) is 0 Å². The summed E-state index contributed by atoms with van der Waals surface area (Å²) < 4.78 is 0. The summed E-state index contributed by atoms with van der Waals surface area (Å²) in [7, 11) is 1.88. The first-order valence-corrected chi connectivity index (χ1v) is 3.63. The van der Waals surface area contributed by atoms with Gasteiger partial charge in [-0.15, -0.1) is 0 Å². The Morgan fingerprint density at radius 1 is 1.30 bits per heavy atom. The Morgan fingerprint density at radius 2 is 1.90 bits per heavy atom. The van der Waals surface area contributed by atoms with E-state index in [9.17, 15) is 10.2 Å². The third kappa shape index (κ3) is 1.19. The fourth-order valence-electron chi connectivity index (χ4n) is 1.55. The molecule has 3 N–H and O–H groups in total. The van der Waals surface area contributed by atoms with Gasteiger partial charge in [0.2, 0.25) is 0 Å². The summed E-state index contributed by atoms with van der Waals surface area (Å²) in [5.41, 5.74) is 0. The second kappa shape index (κ2) is 2.90. The number of aliphatic hydroxyl groups is 3. The van der Waals surface area contributed by atoms with Gasteiger partial charge < -0.3 is 15.3 Å². The topological polar surface area (TPSA) is 60.7 Å². The Hall–Kier alpha value is -0.0551. The van der Waals surface area contributed by atoms with E-state index in [0.29, 0.717) is 0 Å². The first kappa shape index (κ1) is 8.05. The molecule has 0 saturated heterocycles. The molecule has 58 valence electrons. The molecule has 0 amide bonds. The van der Waals surface area contributed by atoms with Crippen LogP contribution in [0.3, 0.4) is 0 Å². The quantitative estimate of drug-likeness (QED) is 0.378. The maximum atomic E-state index is 9.22. The lowest BCUT2D eigenvalue weighted by atomic mass is 9.84. The normalized spacial score (nSPS) is 47.9. The van der Waals surface area contributed by atoms with E-state index in [4.69, 9.17) is 5.11 Å². The van der Waals surface area contributed by atoms with E-state index >= 15 is 0 Å². The molecule has 1 saturated carbocycles. The molecular weight excluding hydrogens is 131 g/mol. The number of rotatable bonds is 1. The third-order valence-corrected chi connectivity index (χ3v) is 2.32. The summed E-state index contributed by atoms with van der Waals surface area (Å²) in [6, 6.07) is 0. The Kier molecular flexibility index (Phi) is 2.34. The molecule has 0 heterocycles. The minimum Gasteiger partial charge on any atom is -0.396 e. The van der Waals surface area contributed by atoms with Gasteiger partial charge in [-0.1, -0.05) is 0 Å². The average Bonchev–Trinajstić information content (AvgIpc) is 2.17. The highest BCUT2D eigenvalue weighted by Gasteiger charge is 2.37. The lowest BCUT2D eigenvalue weighted by molar-refractivity contribution is 0.00707. The first-order chi connectivity index (χ1) is 4.66. The van der Waals surface area contributed by atoms with Gasteiger partial charge in [0, 0.05) is 12.5 Å². The van der Waals surface area contributed by atoms with Crippen molar-refractivity contribution >= 4 is 7.85 Å². The van der Waals surface area contributed by atoms with Crippen molar-refractivity contribution < 1.29 is 15.3 Å². The van der Waals surface area contributed by atoms with Gasteiger partial charge in [-0.25, -0.2) is 0 Å². The van der Waals surface area contributed by atoms with E-state index in [-0.39, 0.29) is 18.3 Å². The van der Waals surface area contributed by atoms with Crippen LogP contribution in [0.4, 0.5) is 0 Å². The Morgan fingerprint density at radius 3 is 2.10 bits per heavy atom. The predicted octanol–water partition coefficient (Wildman–Crippen LogP) is -1.86. The van der Waals surface area contributed by atoms with Crippen LogP contribution in [0.2, 0.25) is 5.82 Å². The summed E-state index contributed by atoms with van der Waals surface area (Å²) in [6.45, 7) is -0.0252. The molecule has 1 aliphatic rings. The Labute approximate surface area is 61.1 Å². The van der Waals surface area contributed by atoms with E-state index in [1.54, 1.807) is 0 Å². The lowest BCUT2D eigenvalue weighted by Crippen LogP contribution is -2.28. The molecule has 1 fully saturated rings. The fraction of sp³-hybridized carbons (Fsp3) is 1.00. The van der Waals surface area contributed by atoms with E-state index in [1.165, 1.54) is 0 Å². The summed E-state index contributed by atoms with van der Waals surface area (Å²) in [5, 5.41) is 27.1. The van der Waals surface area contributed by atoms with Crippen LogP contribution in [0.25, 0.3) is 0 Å². The predicted molar refractivity (Wildman–Crippen MR) is 39.5 cm³/mol. The molecule has 3 nitrogen and oxygen atoms in total. The smallest absolute Gasteiger partial charge is 0.108 e. The minimum absolute atomic E-state index is 0.0252. The molecule has 1 aliphatic carbocycles. The van der Waals surface area contributed by atoms with Crippen molar-refractivity contribution in [3.8, 4) is 0 Å². The molecule has 0 aromatic heterocycles. The minimum atomic E-state index is -0.722. The van der Waals surface area contributed by atoms with Crippen LogP contribution in [0.15, 0.2) is 0 Å². The van der Waals surface area contributed by atoms with Gasteiger partial charge in [-0.2, -0.15) is 0 Å². The molecular formula is C6H13BO3. The highest BCUT2D eigenvalue weighted by molar-refractivity contribution is 6.12. The van der Waals surface area contributed by atoms with Crippen LogP contribution in [-0.2, 0) is 0 Å². The van der Waals surface area contributed by atoms with Gasteiger partial charge in [-0.05, 0) is 12.2 Å². The Bertz CT molecular complexity index is 120. The summed E-state index contributed by atoms with van der Waals surface area (Å²) in [4.78, 5) is 0. The number of aliphatic hydroxyl groups excluding tert-OH is 3. The average molecular weight is 144 g/mol. The number of hydrogen-bond acceptors (Lipinski definition) is 3.